The summed E-state index contributed by atoms with van der Waals surface area (Å²) in [5, 5.41) is 2.90. The van der Waals surface area contributed by atoms with Gasteiger partial charge in [0.1, 0.15) is 6.04 Å². The molecule has 198 valence electrons. The van der Waals surface area contributed by atoms with E-state index in [0.29, 0.717) is 25.3 Å². The van der Waals surface area contributed by atoms with Gasteiger partial charge in [-0.2, -0.15) is 0 Å². The van der Waals surface area contributed by atoms with Crippen molar-refractivity contribution in [3.63, 3.8) is 0 Å². The predicted octanol–water partition coefficient (Wildman–Crippen LogP) is 3.63. The highest BCUT2D eigenvalue weighted by Gasteiger charge is 2.54. The van der Waals surface area contributed by atoms with Gasteiger partial charge in [0.2, 0.25) is 17.6 Å². The lowest BCUT2D eigenvalue weighted by atomic mass is 9.51. The van der Waals surface area contributed by atoms with Gasteiger partial charge in [-0.3, -0.25) is 19.2 Å². The Morgan fingerprint density at radius 1 is 1.06 bits per heavy atom. The zero-order valence-corrected chi connectivity index (χ0v) is 22.9. The van der Waals surface area contributed by atoms with Crippen LogP contribution >= 0.6 is 0 Å². The third-order valence-electron chi connectivity index (χ3n) is 9.89. The van der Waals surface area contributed by atoms with E-state index >= 15 is 0 Å². The highest BCUT2D eigenvalue weighted by atomic mass is 16.2. The average Bonchev–Trinajstić information content (AvgIpc) is 3.17. The van der Waals surface area contributed by atoms with Crippen LogP contribution in [0.4, 0.5) is 0 Å². The summed E-state index contributed by atoms with van der Waals surface area (Å²) >= 11 is 0. The van der Waals surface area contributed by atoms with Crippen LogP contribution in [0, 0.1) is 28.1 Å². The van der Waals surface area contributed by atoms with Gasteiger partial charge in [-0.1, -0.05) is 67.2 Å². The number of carbonyl (C=O) groups is 4. The first kappa shape index (κ1) is 27.8. The minimum atomic E-state index is -0.824. The van der Waals surface area contributed by atoms with E-state index in [9.17, 15) is 19.2 Å². The Kier molecular flexibility index (Phi) is 7.91. The molecule has 7 nitrogen and oxygen atoms in total. The molecule has 2 aliphatic carbocycles. The molecule has 4 atom stereocenters. The van der Waals surface area contributed by atoms with Crippen LogP contribution in [0.15, 0.2) is 0 Å². The molecular formula is C28H47N3O4. The number of rotatable bonds is 9. The molecule has 0 aromatic carbocycles. The molecule has 7 heteroatoms. The fraction of sp³-hybridized carbons (Fsp3) is 0.857. The van der Waals surface area contributed by atoms with E-state index in [1.165, 1.54) is 13.3 Å². The standard InChI is InChI=1S/C28H47N3O4/c1-17(32)22(33)20(14-18-10-8-11-18)30-24(34)21-15-19(27(5,6)28(7)12-9-13-28)16-31(21)25(35)23(29)26(2,3)4/h18-21,23H,8-16,29H2,1-7H3,(H,30,34)/t19?,20?,21-,23+/m0/s1. The van der Waals surface area contributed by atoms with Crippen LogP contribution in [0.25, 0.3) is 0 Å². The van der Waals surface area contributed by atoms with Crippen molar-refractivity contribution in [3.8, 4) is 0 Å². The number of likely N-dealkylation sites (tertiary alicyclic amines) is 1. The molecule has 1 aliphatic heterocycles. The van der Waals surface area contributed by atoms with E-state index < -0.39 is 35.1 Å². The fourth-order valence-corrected chi connectivity index (χ4v) is 6.05. The number of hydrogen-bond donors (Lipinski definition) is 2. The Bertz CT molecular complexity index is 851. The lowest BCUT2D eigenvalue weighted by Crippen LogP contribution is -2.57. The third kappa shape index (κ3) is 5.50. The van der Waals surface area contributed by atoms with Gasteiger partial charge in [-0.15, -0.1) is 0 Å². The highest BCUT2D eigenvalue weighted by Crippen LogP contribution is 2.58. The Balaban J connectivity index is 1.85. The molecule has 3 aliphatic rings. The molecule has 3 N–H and O–H groups in total. The topological polar surface area (TPSA) is 110 Å². The molecule has 0 aromatic heterocycles. The third-order valence-corrected chi connectivity index (χ3v) is 9.89. The Morgan fingerprint density at radius 3 is 2.09 bits per heavy atom. The molecule has 3 fully saturated rings. The van der Waals surface area contributed by atoms with Crippen LogP contribution in [0.5, 0.6) is 0 Å². The van der Waals surface area contributed by atoms with Crippen molar-refractivity contribution in [2.24, 2.45) is 33.8 Å². The van der Waals surface area contributed by atoms with Gasteiger partial charge >= 0.3 is 0 Å². The van der Waals surface area contributed by atoms with E-state index in [1.807, 2.05) is 20.8 Å². The zero-order chi connectivity index (χ0) is 26.3. The van der Waals surface area contributed by atoms with Crippen molar-refractivity contribution in [2.45, 2.75) is 118 Å². The molecule has 0 spiro atoms. The Labute approximate surface area is 211 Å². The minimum Gasteiger partial charge on any atom is -0.344 e. The molecule has 2 amide bonds. The number of Topliss-reactive ketones (excluding diaryl/α,β-unsaturated/α-hetero) is 2. The maximum absolute atomic E-state index is 13.7. The molecule has 3 rings (SSSR count). The van der Waals surface area contributed by atoms with E-state index in [2.05, 4.69) is 26.1 Å². The van der Waals surface area contributed by atoms with E-state index in [4.69, 9.17) is 5.73 Å². The molecule has 35 heavy (non-hydrogen) atoms. The minimum absolute atomic E-state index is 0.0504. The number of hydrogen-bond acceptors (Lipinski definition) is 5. The summed E-state index contributed by atoms with van der Waals surface area (Å²) in [4.78, 5) is 53.5. The van der Waals surface area contributed by atoms with Gasteiger partial charge in [0.05, 0.1) is 12.1 Å². The number of amides is 2. The van der Waals surface area contributed by atoms with Crippen molar-refractivity contribution in [1.82, 2.24) is 10.2 Å². The van der Waals surface area contributed by atoms with Crippen LogP contribution in [0.1, 0.15) is 99.8 Å². The Morgan fingerprint density at radius 2 is 1.66 bits per heavy atom. The van der Waals surface area contributed by atoms with Crippen molar-refractivity contribution >= 4 is 23.4 Å². The maximum atomic E-state index is 13.7. The average molecular weight is 490 g/mol. The number of nitrogens with one attached hydrogen (secondary N) is 1. The molecule has 1 saturated heterocycles. The second-order valence-electron chi connectivity index (χ2n) is 13.4. The van der Waals surface area contributed by atoms with E-state index in [0.717, 1.165) is 32.1 Å². The lowest BCUT2D eigenvalue weighted by molar-refractivity contribution is -0.143. The molecule has 1 heterocycles. The smallest absolute Gasteiger partial charge is 0.243 e. The van der Waals surface area contributed by atoms with Gasteiger partial charge < -0.3 is 16.0 Å². The van der Waals surface area contributed by atoms with Crippen molar-refractivity contribution in [2.75, 3.05) is 6.54 Å². The second-order valence-corrected chi connectivity index (χ2v) is 13.4. The number of carbonyl (C=O) groups excluding carboxylic acids is 4. The lowest BCUT2D eigenvalue weighted by Gasteiger charge is -2.54. The second kappa shape index (κ2) is 9.95. The van der Waals surface area contributed by atoms with Gasteiger partial charge in [0.25, 0.3) is 0 Å². The number of ketones is 2. The normalized spacial score (nSPS) is 26.3. The van der Waals surface area contributed by atoms with Crippen LogP contribution in [0.3, 0.4) is 0 Å². The summed E-state index contributed by atoms with van der Waals surface area (Å²) in [6, 6.07) is -2.24. The van der Waals surface area contributed by atoms with E-state index in [1.54, 1.807) is 4.90 Å². The summed E-state index contributed by atoms with van der Waals surface area (Å²) in [5.41, 5.74) is 6.06. The zero-order valence-electron chi connectivity index (χ0n) is 22.9. The molecule has 0 radical (unpaired) electrons. The molecule has 2 unspecified atom stereocenters. The highest BCUT2D eigenvalue weighted by molar-refractivity contribution is 6.38. The van der Waals surface area contributed by atoms with Gasteiger partial charge in [0, 0.05) is 13.5 Å². The first-order chi connectivity index (χ1) is 16.1. The largest absolute Gasteiger partial charge is 0.344 e. The van der Waals surface area contributed by atoms with Crippen LogP contribution < -0.4 is 11.1 Å². The summed E-state index contributed by atoms with van der Waals surface area (Å²) < 4.78 is 0. The quantitative estimate of drug-likeness (QED) is 0.481. The summed E-state index contributed by atoms with van der Waals surface area (Å²) in [6.45, 7) is 14.4. The summed E-state index contributed by atoms with van der Waals surface area (Å²) in [5.74, 6) is -1.15. The number of nitrogens with two attached hydrogens (primary N) is 1. The summed E-state index contributed by atoms with van der Waals surface area (Å²) in [6.07, 6.45) is 7.69. The van der Waals surface area contributed by atoms with Crippen LogP contribution in [-0.2, 0) is 19.2 Å². The van der Waals surface area contributed by atoms with Crippen LogP contribution in [0.2, 0.25) is 0 Å². The monoisotopic (exact) mass is 489 g/mol. The maximum Gasteiger partial charge on any atom is 0.243 e. The first-order valence-corrected chi connectivity index (χ1v) is 13.5. The predicted molar refractivity (Wildman–Crippen MR) is 136 cm³/mol. The van der Waals surface area contributed by atoms with Crippen molar-refractivity contribution in [1.29, 1.82) is 0 Å². The Hall–Kier alpha value is -1.76. The van der Waals surface area contributed by atoms with Gasteiger partial charge in [-0.05, 0) is 53.8 Å². The van der Waals surface area contributed by atoms with Crippen molar-refractivity contribution in [3.05, 3.63) is 0 Å². The number of nitrogens with zero attached hydrogens (tertiary/aromatic N) is 1. The fourth-order valence-electron chi connectivity index (χ4n) is 6.05. The van der Waals surface area contributed by atoms with Crippen LogP contribution in [-0.4, -0.2) is 53.0 Å². The molecule has 0 aromatic rings. The van der Waals surface area contributed by atoms with E-state index in [-0.39, 0.29) is 28.6 Å². The van der Waals surface area contributed by atoms with Gasteiger partial charge in [-0.25, -0.2) is 0 Å². The molecular weight excluding hydrogens is 442 g/mol. The molecule has 2 saturated carbocycles. The summed E-state index contributed by atoms with van der Waals surface area (Å²) in [7, 11) is 0. The first-order valence-electron chi connectivity index (χ1n) is 13.5. The SMILES string of the molecule is CC(=O)C(=O)C(CC1CCC1)NC(=O)[C@@H]1CC(C(C)(C)C2(C)CCC2)CN1C(=O)[C@@H](N)C(C)(C)C. The van der Waals surface area contributed by atoms with Crippen molar-refractivity contribution < 1.29 is 19.2 Å². The van der Waals surface area contributed by atoms with Gasteiger partial charge in [0.15, 0.2) is 5.78 Å². The molecule has 0 bridgehead atoms.